The molecule has 56 heavy (non-hydrogen) atoms. The molecule has 4 nitrogen and oxygen atoms in total. The van der Waals surface area contributed by atoms with Crippen molar-refractivity contribution in [1.29, 1.82) is 0 Å². The molecular weight excluding hydrogens is 681 g/mol. The second-order valence-electron chi connectivity index (χ2n) is 14.2. The maximum Gasteiger partial charge on any atom is 0.160 e. The zero-order valence-corrected chi connectivity index (χ0v) is 30.7. The van der Waals surface area contributed by atoms with Crippen LogP contribution in [0.1, 0.15) is 11.1 Å². The van der Waals surface area contributed by atoms with Crippen molar-refractivity contribution in [3.63, 3.8) is 0 Å². The summed E-state index contributed by atoms with van der Waals surface area (Å²) in [7, 11) is 0. The summed E-state index contributed by atoms with van der Waals surface area (Å²) in [5.41, 5.74) is 18.1. The number of aryl methyl sites for hydroxylation is 1. The van der Waals surface area contributed by atoms with E-state index < -0.39 is 0 Å². The Labute approximate surface area is 326 Å². The third-order valence-electron chi connectivity index (χ3n) is 10.6. The fourth-order valence-corrected chi connectivity index (χ4v) is 7.73. The molecule has 0 fully saturated rings. The van der Waals surface area contributed by atoms with Crippen molar-refractivity contribution in [1.82, 2.24) is 19.9 Å². The van der Waals surface area contributed by atoms with E-state index in [1.807, 2.05) is 42.5 Å². The monoisotopic (exact) mass is 716 g/mol. The van der Waals surface area contributed by atoms with Crippen LogP contribution in [0.2, 0.25) is 0 Å². The molecule has 3 aromatic heterocycles. The van der Waals surface area contributed by atoms with E-state index in [9.17, 15) is 0 Å². The van der Waals surface area contributed by atoms with Gasteiger partial charge in [0.2, 0.25) is 0 Å². The predicted octanol–water partition coefficient (Wildman–Crippen LogP) is 12.7. The van der Waals surface area contributed by atoms with Gasteiger partial charge in [0.1, 0.15) is 0 Å². The lowest BCUT2D eigenvalue weighted by molar-refractivity contribution is 0.916. The average Bonchev–Trinajstić information content (AvgIpc) is 3.29. The summed E-state index contributed by atoms with van der Waals surface area (Å²) in [6.45, 7) is 0. The number of benzene rings is 6. The maximum absolute atomic E-state index is 5.33. The third-order valence-corrected chi connectivity index (χ3v) is 10.6. The topological polar surface area (TPSA) is 51.6 Å². The second-order valence-corrected chi connectivity index (χ2v) is 14.2. The first-order chi connectivity index (χ1) is 27.7. The molecule has 0 unspecified atom stereocenters. The van der Waals surface area contributed by atoms with Crippen LogP contribution in [0.3, 0.4) is 0 Å². The molecule has 3 heterocycles. The van der Waals surface area contributed by atoms with E-state index in [1.165, 1.54) is 22.3 Å². The zero-order chi connectivity index (χ0) is 37.3. The predicted molar refractivity (Wildman–Crippen MR) is 229 cm³/mol. The number of hydrogen-bond donors (Lipinski definition) is 0. The van der Waals surface area contributed by atoms with Crippen molar-refractivity contribution in [3.05, 3.63) is 205 Å². The minimum atomic E-state index is 0.710. The summed E-state index contributed by atoms with van der Waals surface area (Å²) in [6.07, 6.45) is 1.83. The average molecular weight is 717 g/mol. The molecule has 9 aromatic rings. The summed E-state index contributed by atoms with van der Waals surface area (Å²) in [5.74, 6) is 0.710. The number of rotatable bonds is 7. The van der Waals surface area contributed by atoms with Gasteiger partial charge in [-0.1, -0.05) is 170 Å². The molecule has 1 aliphatic rings. The normalized spacial score (nSPS) is 11.8. The number of aromatic nitrogens is 4. The van der Waals surface area contributed by atoms with Crippen LogP contribution < -0.4 is 0 Å². The van der Waals surface area contributed by atoms with Crippen LogP contribution in [-0.2, 0) is 12.8 Å². The summed E-state index contributed by atoms with van der Waals surface area (Å²) < 4.78 is 0. The number of hydrogen-bond acceptors (Lipinski definition) is 4. The van der Waals surface area contributed by atoms with E-state index >= 15 is 0 Å². The smallest absolute Gasteiger partial charge is 0.160 e. The first-order valence-electron chi connectivity index (χ1n) is 19.1. The van der Waals surface area contributed by atoms with Gasteiger partial charge in [-0.05, 0) is 70.5 Å². The van der Waals surface area contributed by atoms with Crippen LogP contribution in [0.15, 0.2) is 194 Å². The van der Waals surface area contributed by atoms with E-state index in [2.05, 4.69) is 152 Å². The van der Waals surface area contributed by atoms with Gasteiger partial charge in [0.15, 0.2) is 5.82 Å². The lowest BCUT2D eigenvalue weighted by atomic mass is 9.86. The van der Waals surface area contributed by atoms with Crippen molar-refractivity contribution in [3.8, 4) is 90.1 Å². The molecule has 0 aliphatic heterocycles. The van der Waals surface area contributed by atoms with Gasteiger partial charge in [-0.15, -0.1) is 0 Å². The van der Waals surface area contributed by atoms with Crippen LogP contribution in [0.4, 0.5) is 0 Å². The minimum absolute atomic E-state index is 0.710. The van der Waals surface area contributed by atoms with Crippen LogP contribution in [0, 0.1) is 0 Å². The van der Waals surface area contributed by atoms with Crippen molar-refractivity contribution in [2.45, 2.75) is 12.8 Å². The second kappa shape index (κ2) is 14.5. The van der Waals surface area contributed by atoms with Gasteiger partial charge in [0, 0.05) is 27.8 Å². The summed E-state index contributed by atoms with van der Waals surface area (Å²) in [4.78, 5) is 20.6. The minimum Gasteiger partial charge on any atom is -0.246 e. The molecule has 0 amide bonds. The van der Waals surface area contributed by atoms with Crippen LogP contribution >= 0.6 is 0 Å². The quantitative estimate of drug-likeness (QED) is 0.165. The van der Waals surface area contributed by atoms with Gasteiger partial charge >= 0.3 is 0 Å². The molecule has 4 heteroatoms. The molecule has 264 valence electrons. The van der Waals surface area contributed by atoms with Gasteiger partial charge in [-0.3, -0.25) is 0 Å². The first-order valence-corrected chi connectivity index (χ1v) is 19.1. The maximum atomic E-state index is 5.33. The van der Waals surface area contributed by atoms with Gasteiger partial charge in [0.05, 0.1) is 34.2 Å². The van der Waals surface area contributed by atoms with Crippen molar-refractivity contribution < 1.29 is 0 Å². The van der Waals surface area contributed by atoms with E-state index in [1.54, 1.807) is 0 Å². The highest BCUT2D eigenvalue weighted by Gasteiger charge is 2.24. The number of fused-ring (bicyclic) bond motifs is 3. The van der Waals surface area contributed by atoms with Gasteiger partial charge < -0.3 is 0 Å². The summed E-state index contributed by atoms with van der Waals surface area (Å²) in [5, 5.41) is 0. The molecule has 0 N–H and O–H groups in total. The Balaban J connectivity index is 1.04. The molecule has 0 saturated heterocycles. The Morgan fingerprint density at radius 2 is 0.786 bits per heavy atom. The molecule has 0 bridgehead atoms. The molecule has 0 saturated carbocycles. The van der Waals surface area contributed by atoms with E-state index in [-0.39, 0.29) is 0 Å². The molecule has 0 radical (unpaired) electrons. The van der Waals surface area contributed by atoms with Crippen molar-refractivity contribution >= 4 is 0 Å². The molecule has 1 aliphatic carbocycles. The molecule has 10 rings (SSSR count). The highest BCUT2D eigenvalue weighted by atomic mass is 14.9. The Morgan fingerprint density at radius 1 is 0.286 bits per heavy atom. The lowest BCUT2D eigenvalue weighted by Crippen LogP contribution is -2.10. The highest BCUT2D eigenvalue weighted by molar-refractivity contribution is 5.84. The van der Waals surface area contributed by atoms with E-state index in [0.29, 0.717) is 5.82 Å². The molecular formula is C52H36N4. The molecule has 0 atom stereocenters. The number of pyridine rings is 2. The molecule has 6 aromatic carbocycles. The van der Waals surface area contributed by atoms with E-state index in [4.69, 9.17) is 19.9 Å². The van der Waals surface area contributed by atoms with Crippen molar-refractivity contribution in [2.75, 3.05) is 0 Å². The van der Waals surface area contributed by atoms with Crippen LogP contribution in [0.5, 0.6) is 0 Å². The molecule has 0 spiro atoms. The fourth-order valence-electron chi connectivity index (χ4n) is 7.73. The van der Waals surface area contributed by atoms with Crippen LogP contribution in [-0.4, -0.2) is 19.9 Å². The fraction of sp³-hybridized carbons (Fsp3) is 0.0385. The first kappa shape index (κ1) is 33.3. The Kier molecular flexibility index (Phi) is 8.62. The number of nitrogens with zero attached hydrogens (tertiary/aromatic N) is 4. The summed E-state index contributed by atoms with van der Waals surface area (Å²) >= 11 is 0. The zero-order valence-electron chi connectivity index (χ0n) is 30.7. The van der Waals surface area contributed by atoms with Gasteiger partial charge in [-0.2, -0.15) is 0 Å². The third kappa shape index (κ3) is 6.48. The summed E-state index contributed by atoms with van der Waals surface area (Å²) in [6, 6.07) is 67.7. The Hall–Kier alpha value is -7.30. The van der Waals surface area contributed by atoms with E-state index in [0.717, 1.165) is 85.9 Å². The van der Waals surface area contributed by atoms with Crippen LogP contribution in [0.25, 0.3) is 90.1 Å². The van der Waals surface area contributed by atoms with Gasteiger partial charge in [0.25, 0.3) is 0 Å². The lowest BCUT2D eigenvalue weighted by Gasteiger charge is -2.23. The largest absolute Gasteiger partial charge is 0.246 e. The Bertz CT molecular complexity index is 2760. The SMILES string of the molecule is c1ccc(-c2cc(-c3cccc(-c4ccc(-c5cc(-c6ccccc6)nc6c5CCc5ccc(-c7ccccc7)nc5-6)cc4)c3)nc(-c3ccccc3)n2)cc1. The van der Waals surface area contributed by atoms with Gasteiger partial charge in [-0.25, -0.2) is 19.9 Å². The Morgan fingerprint density at radius 3 is 1.43 bits per heavy atom. The highest BCUT2D eigenvalue weighted by Crippen LogP contribution is 2.41. The van der Waals surface area contributed by atoms with Crippen molar-refractivity contribution in [2.24, 2.45) is 0 Å². The standard InChI is InChI=1S/C52H36N4/c1-5-14-37(15-6-1)46-31-29-40-28-30-44-45(33-47(38-16-7-2-8-17-38)54-51(44)50(40)53-46)36-26-24-35(25-27-36)42-22-13-23-43(32-42)49-34-48(39-18-9-3-10-19-39)55-52(56-49)41-20-11-4-12-21-41/h1-27,29,31-34H,28,30H2.